The summed E-state index contributed by atoms with van der Waals surface area (Å²) in [7, 11) is 0. The van der Waals surface area contributed by atoms with E-state index >= 15 is 0 Å². The molecule has 2 heterocycles. The molecule has 31 heavy (non-hydrogen) atoms. The van der Waals surface area contributed by atoms with Gasteiger partial charge in [-0.3, -0.25) is 14.6 Å². The number of nitrogens with one attached hydrogen (secondary N) is 1. The zero-order valence-electron chi connectivity index (χ0n) is 18.4. The summed E-state index contributed by atoms with van der Waals surface area (Å²) in [6, 6.07) is 11.4. The Kier molecular flexibility index (Phi) is 8.15. The lowest BCUT2D eigenvalue weighted by atomic mass is 10.2. The molecular weight excluding hydrogens is 390 g/mol. The zero-order chi connectivity index (χ0) is 22.1. The van der Waals surface area contributed by atoms with Crippen LogP contribution in [0.2, 0.25) is 0 Å². The van der Waals surface area contributed by atoms with Crippen LogP contribution in [-0.2, 0) is 17.8 Å². The number of hydrogen-bond acceptors (Lipinski definition) is 4. The first-order chi connectivity index (χ1) is 15.1. The van der Waals surface area contributed by atoms with Gasteiger partial charge < -0.3 is 14.8 Å². The van der Waals surface area contributed by atoms with Crippen LogP contribution < -0.4 is 5.32 Å². The fourth-order valence-corrected chi connectivity index (χ4v) is 3.68. The Hall–Kier alpha value is -3.22. The smallest absolute Gasteiger partial charge is 0.252 e. The lowest BCUT2D eigenvalue weighted by Crippen LogP contribution is -2.35. The molecule has 7 nitrogen and oxygen atoms in total. The monoisotopic (exact) mass is 421 g/mol. The van der Waals surface area contributed by atoms with Crippen molar-refractivity contribution in [2.45, 2.75) is 46.1 Å². The molecule has 1 N–H and O–H groups in total. The highest BCUT2D eigenvalue weighted by atomic mass is 16.2. The molecule has 0 unspecified atom stereocenters. The Morgan fingerprint density at radius 2 is 1.84 bits per heavy atom. The quantitative estimate of drug-likeness (QED) is 0.481. The van der Waals surface area contributed by atoms with Crippen molar-refractivity contribution in [2.24, 2.45) is 0 Å². The number of carbonyl (C=O) groups excluding carboxylic acids is 2. The van der Waals surface area contributed by atoms with E-state index in [4.69, 9.17) is 4.98 Å². The van der Waals surface area contributed by atoms with E-state index in [9.17, 15) is 9.59 Å². The Morgan fingerprint density at radius 1 is 1.06 bits per heavy atom. The molecule has 0 aliphatic rings. The molecule has 2 amide bonds. The van der Waals surface area contributed by atoms with Crippen molar-refractivity contribution in [3.05, 3.63) is 60.2 Å². The number of carbonyl (C=O) groups is 2. The number of amides is 2. The van der Waals surface area contributed by atoms with Gasteiger partial charge in [-0.25, -0.2) is 4.98 Å². The summed E-state index contributed by atoms with van der Waals surface area (Å²) in [6.07, 6.45) is 6.50. The molecule has 3 rings (SSSR count). The third-order valence-corrected chi connectivity index (χ3v) is 5.15. The van der Waals surface area contributed by atoms with Gasteiger partial charge in [0.25, 0.3) is 5.91 Å². The number of fused-ring (bicyclic) bond motifs is 1. The second-order valence-electron chi connectivity index (χ2n) is 7.58. The van der Waals surface area contributed by atoms with Crippen LogP contribution in [0, 0.1) is 0 Å². The average Bonchev–Trinajstić information content (AvgIpc) is 3.14. The van der Waals surface area contributed by atoms with Crippen LogP contribution in [0.4, 0.5) is 0 Å². The Bertz CT molecular complexity index is 994. The van der Waals surface area contributed by atoms with Gasteiger partial charge in [0.15, 0.2) is 0 Å². The molecule has 0 fully saturated rings. The van der Waals surface area contributed by atoms with Crippen molar-refractivity contribution in [1.82, 2.24) is 24.8 Å². The number of aryl methyl sites for hydroxylation is 1. The van der Waals surface area contributed by atoms with Gasteiger partial charge in [0, 0.05) is 38.4 Å². The van der Waals surface area contributed by atoms with E-state index in [0.29, 0.717) is 18.5 Å². The first-order valence-electron chi connectivity index (χ1n) is 11.0. The van der Waals surface area contributed by atoms with E-state index in [1.807, 2.05) is 33.7 Å². The van der Waals surface area contributed by atoms with Crippen molar-refractivity contribution in [1.29, 1.82) is 0 Å². The van der Waals surface area contributed by atoms with Gasteiger partial charge in [0.1, 0.15) is 12.4 Å². The Labute approximate surface area is 183 Å². The summed E-state index contributed by atoms with van der Waals surface area (Å²) < 4.78 is 2.03. The van der Waals surface area contributed by atoms with Crippen LogP contribution in [0.5, 0.6) is 0 Å². The number of benzene rings is 1. The van der Waals surface area contributed by atoms with Crippen LogP contribution in [0.3, 0.4) is 0 Å². The maximum absolute atomic E-state index is 13.0. The van der Waals surface area contributed by atoms with Crippen LogP contribution in [0.15, 0.2) is 48.8 Å². The predicted molar refractivity (Wildman–Crippen MR) is 122 cm³/mol. The normalized spacial score (nSPS) is 10.9. The van der Waals surface area contributed by atoms with E-state index in [1.54, 1.807) is 24.5 Å². The van der Waals surface area contributed by atoms with E-state index in [0.717, 1.165) is 49.2 Å². The molecular formula is C24H31N5O2. The second kappa shape index (κ2) is 11.2. The number of para-hydroxylation sites is 2. The molecule has 0 saturated carbocycles. The molecule has 1 aromatic carbocycles. The van der Waals surface area contributed by atoms with Gasteiger partial charge >= 0.3 is 0 Å². The second-order valence-corrected chi connectivity index (χ2v) is 7.58. The standard InChI is InChI=1S/C24H31N5O2/c1-3-15-28(16-4-2)23(30)18-29-21-11-6-5-10-20(21)27-22(29)12-8-14-26-24(31)19-9-7-13-25-17-19/h5-7,9-11,13,17H,3-4,8,12,14-16,18H2,1-2H3,(H,26,31). The van der Waals surface area contributed by atoms with E-state index in [1.165, 1.54) is 0 Å². The van der Waals surface area contributed by atoms with Crippen molar-refractivity contribution >= 4 is 22.8 Å². The molecule has 0 aliphatic carbocycles. The largest absolute Gasteiger partial charge is 0.352 e. The molecule has 0 saturated heterocycles. The molecule has 0 bridgehead atoms. The fraction of sp³-hybridized carbons (Fsp3) is 0.417. The average molecular weight is 422 g/mol. The van der Waals surface area contributed by atoms with Crippen LogP contribution >= 0.6 is 0 Å². The summed E-state index contributed by atoms with van der Waals surface area (Å²) in [6.45, 7) is 6.55. The van der Waals surface area contributed by atoms with Crippen molar-refractivity contribution in [2.75, 3.05) is 19.6 Å². The van der Waals surface area contributed by atoms with Crippen LogP contribution in [-0.4, -0.2) is 50.9 Å². The molecule has 7 heteroatoms. The highest BCUT2D eigenvalue weighted by Gasteiger charge is 2.17. The topological polar surface area (TPSA) is 80.1 Å². The molecule has 0 radical (unpaired) electrons. The maximum Gasteiger partial charge on any atom is 0.252 e. The molecule has 0 spiro atoms. The first kappa shape index (κ1) is 22.5. The van der Waals surface area contributed by atoms with E-state index in [-0.39, 0.29) is 18.4 Å². The number of nitrogens with zero attached hydrogens (tertiary/aromatic N) is 4. The molecule has 0 atom stereocenters. The highest BCUT2D eigenvalue weighted by Crippen LogP contribution is 2.18. The number of hydrogen-bond donors (Lipinski definition) is 1. The number of imidazole rings is 1. The minimum atomic E-state index is -0.133. The summed E-state index contributed by atoms with van der Waals surface area (Å²) in [5, 5.41) is 2.92. The minimum absolute atomic E-state index is 0.123. The zero-order valence-corrected chi connectivity index (χ0v) is 18.4. The van der Waals surface area contributed by atoms with Crippen molar-refractivity contribution < 1.29 is 9.59 Å². The number of rotatable bonds is 11. The van der Waals surface area contributed by atoms with Crippen molar-refractivity contribution in [3.8, 4) is 0 Å². The minimum Gasteiger partial charge on any atom is -0.352 e. The number of aromatic nitrogens is 3. The van der Waals surface area contributed by atoms with Gasteiger partial charge in [0.2, 0.25) is 5.91 Å². The summed E-state index contributed by atoms with van der Waals surface area (Å²) in [5.74, 6) is 0.864. The summed E-state index contributed by atoms with van der Waals surface area (Å²) >= 11 is 0. The Morgan fingerprint density at radius 3 is 2.55 bits per heavy atom. The van der Waals surface area contributed by atoms with Crippen molar-refractivity contribution in [3.63, 3.8) is 0 Å². The Balaban J connectivity index is 1.67. The molecule has 164 valence electrons. The van der Waals surface area contributed by atoms with Gasteiger partial charge in [-0.15, -0.1) is 0 Å². The lowest BCUT2D eigenvalue weighted by molar-refractivity contribution is -0.131. The molecule has 2 aromatic heterocycles. The SMILES string of the molecule is CCCN(CCC)C(=O)Cn1c(CCCNC(=O)c2cccnc2)nc2ccccc21. The first-order valence-corrected chi connectivity index (χ1v) is 11.0. The van der Waals surface area contributed by atoms with Gasteiger partial charge in [-0.2, -0.15) is 0 Å². The van der Waals surface area contributed by atoms with Crippen LogP contribution in [0.1, 0.15) is 49.3 Å². The van der Waals surface area contributed by atoms with Crippen LogP contribution in [0.25, 0.3) is 11.0 Å². The lowest BCUT2D eigenvalue weighted by Gasteiger charge is -2.22. The fourth-order valence-electron chi connectivity index (χ4n) is 3.68. The molecule has 0 aliphatic heterocycles. The number of pyridine rings is 1. The van der Waals surface area contributed by atoms with E-state index in [2.05, 4.69) is 24.1 Å². The third-order valence-electron chi connectivity index (χ3n) is 5.15. The highest BCUT2D eigenvalue weighted by molar-refractivity contribution is 5.93. The summed E-state index contributed by atoms with van der Waals surface area (Å²) in [5.41, 5.74) is 2.41. The molecule has 3 aromatic rings. The van der Waals surface area contributed by atoms with Gasteiger partial charge in [0.05, 0.1) is 16.6 Å². The third kappa shape index (κ3) is 5.90. The summed E-state index contributed by atoms with van der Waals surface area (Å²) in [4.78, 5) is 35.8. The van der Waals surface area contributed by atoms with Gasteiger partial charge in [-0.1, -0.05) is 26.0 Å². The predicted octanol–water partition coefficient (Wildman–Crippen LogP) is 3.44. The maximum atomic E-state index is 13.0. The van der Waals surface area contributed by atoms with Gasteiger partial charge in [-0.05, 0) is 43.5 Å². The van der Waals surface area contributed by atoms with E-state index < -0.39 is 0 Å².